The van der Waals surface area contributed by atoms with E-state index in [9.17, 15) is 14.4 Å². The molecule has 0 aromatic rings. The molecule has 0 saturated heterocycles. The summed E-state index contributed by atoms with van der Waals surface area (Å²) in [6, 6.07) is -0.638. The molecule has 12 nitrogen and oxygen atoms in total. The lowest BCUT2D eigenvalue weighted by atomic mass is 10.1. The summed E-state index contributed by atoms with van der Waals surface area (Å²) in [5.41, 5.74) is 12.7. The number of nitrogens with one attached hydrogen (secondary N) is 3. The Kier molecular flexibility index (Phi) is 16.5. The predicted octanol–water partition coefficient (Wildman–Crippen LogP) is -0.835. The van der Waals surface area contributed by atoms with Crippen molar-refractivity contribution in [3.63, 3.8) is 0 Å². The van der Waals surface area contributed by atoms with Gasteiger partial charge in [0.2, 0.25) is 11.8 Å². The van der Waals surface area contributed by atoms with E-state index in [0.29, 0.717) is 39.3 Å². The monoisotopic (exact) mass is 449 g/mol. The van der Waals surface area contributed by atoms with Crippen LogP contribution in [0, 0.1) is 0 Å². The van der Waals surface area contributed by atoms with E-state index in [2.05, 4.69) is 16.1 Å². The van der Waals surface area contributed by atoms with Crippen LogP contribution in [0.5, 0.6) is 0 Å². The number of unbranched alkanes of at least 4 members (excludes halogenated alkanes) is 1. The molecule has 0 spiro atoms. The molecule has 0 aliphatic heterocycles. The maximum absolute atomic E-state index is 11.8. The highest BCUT2D eigenvalue weighted by molar-refractivity contribution is 5.87. The first-order valence-corrected chi connectivity index (χ1v) is 10.4. The summed E-state index contributed by atoms with van der Waals surface area (Å²) in [5, 5.41) is 5.12. The zero-order valence-electron chi connectivity index (χ0n) is 18.9. The second-order valence-electron chi connectivity index (χ2n) is 7.64. The number of hydroxylamine groups is 1. The van der Waals surface area contributed by atoms with Crippen LogP contribution in [0.4, 0.5) is 4.79 Å². The average Bonchev–Trinajstić information content (AvgIpc) is 2.68. The third kappa shape index (κ3) is 19.7. The molecule has 182 valence electrons. The van der Waals surface area contributed by atoms with Crippen molar-refractivity contribution in [3.8, 4) is 0 Å². The maximum Gasteiger partial charge on any atom is 0.431 e. The second kappa shape index (κ2) is 17.7. The molecule has 12 heteroatoms. The van der Waals surface area contributed by atoms with Crippen molar-refractivity contribution in [1.82, 2.24) is 16.1 Å². The van der Waals surface area contributed by atoms with E-state index >= 15 is 0 Å². The number of rotatable bonds is 17. The van der Waals surface area contributed by atoms with Crippen molar-refractivity contribution in [2.75, 3.05) is 52.7 Å². The van der Waals surface area contributed by atoms with Gasteiger partial charge in [0, 0.05) is 6.54 Å². The SMILES string of the molecule is CC(C)(C)OC(=O)NOCCOCCOCCNC(=O)CNC(=O)[C@@H](N)CCCCN. The van der Waals surface area contributed by atoms with Gasteiger partial charge in [-0.2, -0.15) is 5.48 Å². The summed E-state index contributed by atoms with van der Waals surface area (Å²) < 4.78 is 15.6. The van der Waals surface area contributed by atoms with E-state index in [0.717, 1.165) is 12.8 Å². The van der Waals surface area contributed by atoms with Crippen molar-refractivity contribution < 1.29 is 33.4 Å². The minimum Gasteiger partial charge on any atom is -0.442 e. The average molecular weight is 450 g/mol. The van der Waals surface area contributed by atoms with Crippen molar-refractivity contribution in [3.05, 3.63) is 0 Å². The minimum atomic E-state index is -0.664. The van der Waals surface area contributed by atoms with E-state index in [1.54, 1.807) is 20.8 Å². The zero-order valence-corrected chi connectivity index (χ0v) is 18.9. The normalized spacial score (nSPS) is 12.2. The van der Waals surface area contributed by atoms with Crippen LogP contribution in [-0.4, -0.2) is 82.2 Å². The van der Waals surface area contributed by atoms with Crippen LogP contribution in [0.1, 0.15) is 40.0 Å². The van der Waals surface area contributed by atoms with Gasteiger partial charge in [-0.15, -0.1) is 0 Å². The van der Waals surface area contributed by atoms with Crippen molar-refractivity contribution in [2.24, 2.45) is 11.5 Å². The molecular weight excluding hydrogens is 410 g/mol. The molecule has 0 aromatic carbocycles. The molecule has 0 aliphatic rings. The van der Waals surface area contributed by atoms with Gasteiger partial charge in [-0.25, -0.2) is 4.79 Å². The highest BCUT2D eigenvalue weighted by atomic mass is 16.7. The van der Waals surface area contributed by atoms with Crippen LogP contribution in [0.15, 0.2) is 0 Å². The van der Waals surface area contributed by atoms with Crippen LogP contribution in [-0.2, 0) is 28.6 Å². The van der Waals surface area contributed by atoms with Crippen LogP contribution in [0.25, 0.3) is 0 Å². The Balaban J connectivity index is 3.48. The fraction of sp³-hybridized carbons (Fsp3) is 0.842. The van der Waals surface area contributed by atoms with Crippen LogP contribution < -0.4 is 27.6 Å². The largest absolute Gasteiger partial charge is 0.442 e. The van der Waals surface area contributed by atoms with Crippen LogP contribution in [0.2, 0.25) is 0 Å². The molecule has 3 amide bonds. The number of carbonyl (C=O) groups is 3. The Hall–Kier alpha value is -1.99. The van der Waals surface area contributed by atoms with Gasteiger partial charge in [-0.1, -0.05) is 6.42 Å². The highest BCUT2D eigenvalue weighted by Gasteiger charge is 2.16. The molecule has 0 unspecified atom stereocenters. The Morgan fingerprint density at radius 1 is 0.935 bits per heavy atom. The van der Waals surface area contributed by atoms with Crippen molar-refractivity contribution in [1.29, 1.82) is 0 Å². The van der Waals surface area contributed by atoms with Gasteiger partial charge in [0.15, 0.2) is 0 Å². The lowest BCUT2D eigenvalue weighted by Crippen LogP contribution is -2.45. The quantitative estimate of drug-likeness (QED) is 0.140. The van der Waals surface area contributed by atoms with Gasteiger partial charge in [-0.05, 0) is 40.2 Å². The first kappa shape index (κ1) is 29.0. The van der Waals surface area contributed by atoms with E-state index in [-0.39, 0.29) is 31.6 Å². The Morgan fingerprint density at radius 2 is 1.58 bits per heavy atom. The number of amides is 3. The Bertz CT molecular complexity index is 514. The molecule has 0 fully saturated rings. The van der Waals surface area contributed by atoms with Crippen molar-refractivity contribution in [2.45, 2.75) is 51.7 Å². The number of hydrogen-bond acceptors (Lipinski definition) is 9. The van der Waals surface area contributed by atoms with Crippen molar-refractivity contribution >= 4 is 17.9 Å². The topological polar surface area (TPSA) is 176 Å². The molecule has 31 heavy (non-hydrogen) atoms. The second-order valence-corrected chi connectivity index (χ2v) is 7.64. The number of hydrogen-bond donors (Lipinski definition) is 5. The third-order valence-electron chi connectivity index (χ3n) is 3.55. The third-order valence-corrected chi connectivity index (χ3v) is 3.55. The summed E-state index contributed by atoms with van der Waals surface area (Å²) >= 11 is 0. The molecule has 0 saturated carbocycles. The predicted molar refractivity (Wildman–Crippen MR) is 114 cm³/mol. The standard InChI is InChI=1S/C19H39N5O7/c1-19(2,3)31-18(27)24-30-13-12-29-11-10-28-9-8-22-16(25)14-23-17(26)15(21)6-4-5-7-20/h15H,4-14,20-21H2,1-3H3,(H,22,25)(H,23,26)(H,24,27)/t15-/m0/s1. The zero-order chi connectivity index (χ0) is 23.5. The number of ether oxygens (including phenoxy) is 3. The van der Waals surface area contributed by atoms with Gasteiger partial charge >= 0.3 is 6.09 Å². The van der Waals surface area contributed by atoms with Crippen LogP contribution >= 0.6 is 0 Å². The molecule has 1 atom stereocenters. The molecule has 0 aliphatic carbocycles. The van der Waals surface area contributed by atoms with E-state index in [1.807, 2.05) is 0 Å². The molecule has 0 bridgehead atoms. The van der Waals surface area contributed by atoms with Gasteiger partial charge in [0.1, 0.15) is 5.60 Å². The number of carbonyl (C=O) groups excluding carboxylic acids is 3. The summed E-state index contributed by atoms with van der Waals surface area (Å²) in [6.45, 7) is 7.40. The molecule has 0 radical (unpaired) electrons. The maximum atomic E-state index is 11.8. The first-order valence-electron chi connectivity index (χ1n) is 10.4. The number of nitrogens with two attached hydrogens (primary N) is 2. The smallest absolute Gasteiger partial charge is 0.431 e. The minimum absolute atomic E-state index is 0.135. The van der Waals surface area contributed by atoms with Gasteiger partial charge in [0.05, 0.1) is 45.6 Å². The van der Waals surface area contributed by atoms with Crippen LogP contribution in [0.3, 0.4) is 0 Å². The van der Waals surface area contributed by atoms with E-state index < -0.39 is 17.7 Å². The molecule has 0 rings (SSSR count). The molecule has 0 aromatic heterocycles. The summed E-state index contributed by atoms with van der Waals surface area (Å²) in [7, 11) is 0. The lowest BCUT2D eigenvalue weighted by Gasteiger charge is -2.19. The lowest BCUT2D eigenvalue weighted by molar-refractivity contribution is -0.127. The molecule has 0 heterocycles. The molecule has 7 N–H and O–H groups in total. The van der Waals surface area contributed by atoms with Gasteiger partial charge in [0.25, 0.3) is 0 Å². The van der Waals surface area contributed by atoms with E-state index in [1.165, 1.54) is 0 Å². The van der Waals surface area contributed by atoms with Gasteiger partial charge < -0.3 is 36.3 Å². The highest BCUT2D eigenvalue weighted by Crippen LogP contribution is 2.06. The van der Waals surface area contributed by atoms with Gasteiger partial charge in [-0.3, -0.25) is 14.4 Å². The Morgan fingerprint density at radius 3 is 2.23 bits per heavy atom. The summed E-state index contributed by atoms with van der Waals surface area (Å²) in [5.74, 6) is -0.678. The first-order chi connectivity index (χ1) is 14.7. The summed E-state index contributed by atoms with van der Waals surface area (Å²) in [6.07, 6.45) is 1.45. The summed E-state index contributed by atoms with van der Waals surface area (Å²) in [4.78, 5) is 39.7. The fourth-order valence-corrected chi connectivity index (χ4v) is 2.09. The van der Waals surface area contributed by atoms with E-state index in [4.69, 9.17) is 30.5 Å². The molecular formula is C19H39N5O7. The fourth-order valence-electron chi connectivity index (χ4n) is 2.09. The Labute approximate surface area is 184 Å².